The van der Waals surface area contributed by atoms with Crippen molar-refractivity contribution in [1.29, 1.82) is 0 Å². The fourth-order valence-electron chi connectivity index (χ4n) is 3.68. The van der Waals surface area contributed by atoms with E-state index in [1.807, 2.05) is 0 Å². The first-order valence-electron chi connectivity index (χ1n) is 9.63. The van der Waals surface area contributed by atoms with Crippen molar-refractivity contribution in [3.05, 3.63) is 54.3 Å². The molecule has 2 aromatic carbocycles. The van der Waals surface area contributed by atoms with Crippen LogP contribution in [-0.4, -0.2) is 48.2 Å². The Morgan fingerprint density at radius 1 is 1.06 bits per heavy atom. The van der Waals surface area contributed by atoms with Crippen molar-refractivity contribution in [1.82, 2.24) is 10.4 Å². The summed E-state index contributed by atoms with van der Waals surface area (Å²) in [5.41, 5.74) is 1.50. The highest BCUT2D eigenvalue weighted by molar-refractivity contribution is 7.92. The number of carbonyl (C=O) groups excluding carboxylic acids is 2. The van der Waals surface area contributed by atoms with Gasteiger partial charge in [0.1, 0.15) is 17.3 Å². The van der Waals surface area contributed by atoms with Crippen molar-refractivity contribution in [2.75, 3.05) is 13.1 Å². The Balaban J connectivity index is 1.86. The Bertz CT molecular complexity index is 1050. The number of likely N-dealkylation sites (tertiary alicyclic amines) is 1. The highest BCUT2D eigenvalue weighted by Gasteiger charge is 2.48. The van der Waals surface area contributed by atoms with Crippen LogP contribution in [-0.2, 0) is 19.4 Å². The molecule has 2 aromatic rings. The first-order chi connectivity index (χ1) is 14.7. The molecule has 1 heterocycles. The van der Waals surface area contributed by atoms with Crippen LogP contribution in [0.25, 0.3) is 0 Å². The molecule has 1 saturated heterocycles. The van der Waals surface area contributed by atoms with Gasteiger partial charge >= 0.3 is 0 Å². The van der Waals surface area contributed by atoms with Crippen LogP contribution in [0.3, 0.4) is 0 Å². The third-order valence-corrected chi connectivity index (χ3v) is 8.07. The average molecular weight is 450 g/mol. The smallest absolute Gasteiger partial charge is 0.244 e. The quantitative estimate of drug-likeness (QED) is 0.517. The van der Waals surface area contributed by atoms with Crippen LogP contribution in [0.5, 0.6) is 11.5 Å². The predicted molar refractivity (Wildman–Crippen MR) is 109 cm³/mol. The molecule has 0 radical (unpaired) electrons. The molecular weight excluding hydrogens is 427 g/mol. The predicted octanol–water partition coefficient (Wildman–Crippen LogP) is 2.67. The Hall–Kier alpha value is -2.98. The van der Waals surface area contributed by atoms with Gasteiger partial charge in [-0.3, -0.25) is 14.8 Å². The van der Waals surface area contributed by atoms with Crippen molar-refractivity contribution in [2.24, 2.45) is 0 Å². The molecular formula is C21H23FN2O6S. The summed E-state index contributed by atoms with van der Waals surface area (Å²) in [4.78, 5) is 25.1. The van der Waals surface area contributed by atoms with Gasteiger partial charge in [0.15, 0.2) is 9.84 Å². The van der Waals surface area contributed by atoms with E-state index in [1.54, 1.807) is 0 Å². The summed E-state index contributed by atoms with van der Waals surface area (Å²) in [6.07, 6.45) is -0.294. The van der Waals surface area contributed by atoms with E-state index in [2.05, 4.69) is 0 Å². The third kappa shape index (κ3) is 4.86. The molecule has 0 spiro atoms. The molecule has 3 rings (SSSR count). The number of hydroxylamine groups is 1. The zero-order chi connectivity index (χ0) is 22.6. The van der Waals surface area contributed by atoms with Crippen LogP contribution in [0.15, 0.2) is 53.4 Å². The summed E-state index contributed by atoms with van der Waals surface area (Å²) in [6, 6.07) is 11.1. The maximum atomic E-state index is 13.5. The monoisotopic (exact) mass is 450 g/mol. The number of sulfone groups is 1. The van der Waals surface area contributed by atoms with E-state index in [1.165, 1.54) is 65.8 Å². The second-order valence-electron chi connectivity index (χ2n) is 7.43. The number of hydrogen-bond acceptors (Lipinski definition) is 6. The molecule has 8 nitrogen and oxygen atoms in total. The zero-order valence-electron chi connectivity index (χ0n) is 16.9. The number of carbonyl (C=O) groups is 2. The standard InChI is InChI=1S/C21H23FN2O6S/c1-15(25)24-12-10-21(11-13-24,14-20(26)23-27)31(28,29)19-8-6-18(7-9-19)30-17-4-2-16(22)3-5-17/h2-9,27H,10-14H2,1H3,(H,23,26). The normalized spacial score (nSPS) is 15.9. The summed E-state index contributed by atoms with van der Waals surface area (Å²) < 4.78 is 44.2. The fourth-order valence-corrected chi connectivity index (χ4v) is 5.71. The van der Waals surface area contributed by atoms with E-state index < -0.39 is 32.7 Å². The zero-order valence-corrected chi connectivity index (χ0v) is 17.7. The summed E-state index contributed by atoms with van der Waals surface area (Å²) in [5.74, 6) is -0.623. The third-order valence-electron chi connectivity index (χ3n) is 5.48. The lowest BCUT2D eigenvalue weighted by Gasteiger charge is -2.40. The molecule has 10 heteroatoms. The first-order valence-corrected chi connectivity index (χ1v) is 11.1. The SMILES string of the molecule is CC(=O)N1CCC(CC(=O)NO)(S(=O)(=O)c2ccc(Oc3ccc(F)cc3)cc2)CC1. The molecule has 0 bridgehead atoms. The number of ether oxygens (including phenoxy) is 1. The molecule has 0 aliphatic carbocycles. The molecule has 1 aliphatic rings. The van der Waals surface area contributed by atoms with Gasteiger partial charge in [0.05, 0.1) is 9.64 Å². The molecule has 0 aromatic heterocycles. The lowest BCUT2D eigenvalue weighted by molar-refractivity contribution is -0.131. The van der Waals surface area contributed by atoms with E-state index in [0.29, 0.717) is 11.5 Å². The Morgan fingerprint density at radius 2 is 1.58 bits per heavy atom. The molecule has 166 valence electrons. The van der Waals surface area contributed by atoms with E-state index in [0.717, 1.165) is 0 Å². The number of hydrogen-bond donors (Lipinski definition) is 2. The molecule has 1 fully saturated rings. The molecule has 2 N–H and O–H groups in total. The molecule has 0 atom stereocenters. The van der Waals surface area contributed by atoms with Gasteiger partial charge in [0, 0.05) is 26.4 Å². The highest BCUT2D eigenvalue weighted by Crippen LogP contribution is 2.39. The highest BCUT2D eigenvalue weighted by atomic mass is 32.2. The van der Waals surface area contributed by atoms with E-state index in [4.69, 9.17) is 9.94 Å². The maximum Gasteiger partial charge on any atom is 0.244 e. The van der Waals surface area contributed by atoms with Gasteiger partial charge in [-0.1, -0.05) is 0 Å². The molecule has 2 amide bonds. The average Bonchev–Trinajstić information content (AvgIpc) is 2.76. The van der Waals surface area contributed by atoms with Gasteiger partial charge in [-0.25, -0.2) is 18.3 Å². The largest absolute Gasteiger partial charge is 0.457 e. The van der Waals surface area contributed by atoms with Crippen LogP contribution in [0.2, 0.25) is 0 Å². The van der Waals surface area contributed by atoms with Gasteiger partial charge in [-0.05, 0) is 61.4 Å². The number of rotatable bonds is 6. The van der Waals surface area contributed by atoms with Crippen molar-refractivity contribution < 1.29 is 32.3 Å². The van der Waals surface area contributed by atoms with Crippen LogP contribution in [0, 0.1) is 5.82 Å². The van der Waals surface area contributed by atoms with E-state index in [-0.39, 0.29) is 36.7 Å². The van der Waals surface area contributed by atoms with Crippen LogP contribution >= 0.6 is 0 Å². The molecule has 1 aliphatic heterocycles. The number of amides is 2. The Morgan fingerprint density at radius 3 is 2.06 bits per heavy atom. The minimum atomic E-state index is -3.99. The summed E-state index contributed by atoms with van der Waals surface area (Å²) in [5, 5.41) is 8.95. The van der Waals surface area contributed by atoms with Crippen LogP contribution in [0.1, 0.15) is 26.2 Å². The van der Waals surface area contributed by atoms with Crippen molar-refractivity contribution in [3.8, 4) is 11.5 Å². The minimum absolute atomic E-state index is 0.000899. The van der Waals surface area contributed by atoms with Gasteiger partial charge < -0.3 is 9.64 Å². The van der Waals surface area contributed by atoms with Gasteiger partial charge in [-0.2, -0.15) is 0 Å². The van der Waals surface area contributed by atoms with Gasteiger partial charge in [-0.15, -0.1) is 0 Å². The Labute approximate surface area is 179 Å². The Kier molecular flexibility index (Phi) is 6.61. The number of piperidine rings is 1. The van der Waals surface area contributed by atoms with E-state index >= 15 is 0 Å². The fraction of sp³-hybridized carbons (Fsp3) is 0.333. The van der Waals surface area contributed by atoms with Crippen molar-refractivity contribution in [3.63, 3.8) is 0 Å². The minimum Gasteiger partial charge on any atom is -0.457 e. The topological polar surface area (TPSA) is 113 Å². The number of nitrogens with zero attached hydrogens (tertiary/aromatic N) is 1. The second kappa shape index (κ2) is 9.03. The number of nitrogens with one attached hydrogen (secondary N) is 1. The van der Waals surface area contributed by atoms with Crippen molar-refractivity contribution >= 4 is 21.7 Å². The molecule has 31 heavy (non-hydrogen) atoms. The van der Waals surface area contributed by atoms with Crippen molar-refractivity contribution in [2.45, 2.75) is 35.8 Å². The van der Waals surface area contributed by atoms with Crippen LogP contribution in [0.4, 0.5) is 4.39 Å². The first kappa shape index (κ1) is 22.7. The second-order valence-corrected chi connectivity index (χ2v) is 9.78. The number of benzene rings is 2. The van der Waals surface area contributed by atoms with Gasteiger partial charge in [0.2, 0.25) is 11.8 Å². The lowest BCUT2D eigenvalue weighted by Crippen LogP contribution is -2.52. The summed E-state index contributed by atoms with van der Waals surface area (Å²) in [6.45, 7) is 1.79. The van der Waals surface area contributed by atoms with E-state index in [9.17, 15) is 22.4 Å². The lowest BCUT2D eigenvalue weighted by atomic mass is 9.92. The maximum absolute atomic E-state index is 13.5. The summed E-state index contributed by atoms with van der Waals surface area (Å²) in [7, 11) is -3.99. The van der Waals surface area contributed by atoms with Crippen LogP contribution < -0.4 is 10.2 Å². The summed E-state index contributed by atoms with van der Waals surface area (Å²) >= 11 is 0. The molecule has 0 unspecified atom stereocenters. The number of halogens is 1. The molecule has 0 saturated carbocycles. The van der Waals surface area contributed by atoms with Gasteiger partial charge in [0.25, 0.3) is 0 Å².